The first-order chi connectivity index (χ1) is 9.58. The molecule has 0 radical (unpaired) electrons. The van der Waals surface area contributed by atoms with Gasteiger partial charge < -0.3 is 10.0 Å². The molecule has 2 unspecified atom stereocenters. The summed E-state index contributed by atoms with van der Waals surface area (Å²) in [5.41, 5.74) is 1.96. The third-order valence-electron chi connectivity index (χ3n) is 4.05. The third kappa shape index (κ3) is 2.01. The van der Waals surface area contributed by atoms with Crippen LogP contribution in [0.15, 0.2) is 30.5 Å². The number of benzene rings is 1. The number of fused-ring (bicyclic) bond motifs is 1. The Morgan fingerprint density at radius 1 is 1.35 bits per heavy atom. The van der Waals surface area contributed by atoms with Crippen LogP contribution in [-0.2, 0) is 0 Å². The van der Waals surface area contributed by atoms with Gasteiger partial charge in [-0.2, -0.15) is 0 Å². The predicted octanol–water partition coefficient (Wildman–Crippen LogP) is 3.17. The number of carboxylic acids is 1. The van der Waals surface area contributed by atoms with Crippen LogP contribution in [0.1, 0.15) is 30.6 Å². The zero-order chi connectivity index (χ0) is 14.3. The second kappa shape index (κ2) is 4.78. The summed E-state index contributed by atoms with van der Waals surface area (Å²) in [5.74, 6) is -0.330. The second-order valence-electron chi connectivity index (χ2n) is 5.69. The standard InChI is InChI=1S/C16H18N2O2/c1-10-7-11(2)18(9-10)15-12-5-3-4-6-14(12)17-8-13(15)16(19)20/h3-6,8,10-11H,7,9H2,1-2H3,(H,19,20). The van der Waals surface area contributed by atoms with E-state index in [4.69, 9.17) is 0 Å². The molecule has 1 aliphatic heterocycles. The first-order valence-electron chi connectivity index (χ1n) is 6.95. The molecule has 2 atom stereocenters. The van der Waals surface area contributed by atoms with Gasteiger partial charge >= 0.3 is 5.97 Å². The van der Waals surface area contributed by atoms with Crippen molar-refractivity contribution in [1.29, 1.82) is 0 Å². The Balaban J connectivity index is 2.25. The van der Waals surface area contributed by atoms with Gasteiger partial charge in [0.05, 0.1) is 11.2 Å². The highest BCUT2D eigenvalue weighted by molar-refractivity contribution is 6.04. The third-order valence-corrected chi connectivity index (χ3v) is 4.05. The van der Waals surface area contributed by atoms with E-state index in [1.807, 2.05) is 24.3 Å². The molecule has 4 nitrogen and oxygen atoms in total. The van der Waals surface area contributed by atoms with Crippen molar-refractivity contribution in [2.45, 2.75) is 26.3 Å². The molecule has 1 aromatic heterocycles. The number of carboxylic acid groups (broad SMARTS) is 1. The van der Waals surface area contributed by atoms with Crippen LogP contribution in [0.3, 0.4) is 0 Å². The van der Waals surface area contributed by atoms with Gasteiger partial charge in [-0.1, -0.05) is 25.1 Å². The maximum atomic E-state index is 11.5. The molecular weight excluding hydrogens is 252 g/mol. The lowest BCUT2D eigenvalue weighted by Crippen LogP contribution is -2.28. The molecule has 20 heavy (non-hydrogen) atoms. The average molecular weight is 270 g/mol. The van der Waals surface area contributed by atoms with E-state index < -0.39 is 5.97 Å². The molecule has 0 saturated carbocycles. The second-order valence-corrected chi connectivity index (χ2v) is 5.69. The predicted molar refractivity (Wildman–Crippen MR) is 79.3 cm³/mol. The minimum absolute atomic E-state index is 0.296. The van der Waals surface area contributed by atoms with Gasteiger partial charge in [-0.05, 0) is 25.3 Å². The van der Waals surface area contributed by atoms with E-state index in [0.29, 0.717) is 17.5 Å². The molecule has 0 bridgehead atoms. The monoisotopic (exact) mass is 270 g/mol. The fraction of sp³-hybridized carbons (Fsp3) is 0.375. The summed E-state index contributed by atoms with van der Waals surface area (Å²) in [5, 5.41) is 10.4. The molecule has 1 saturated heterocycles. The SMILES string of the molecule is CC1CC(C)N(c2c(C(=O)O)cnc3ccccc23)C1. The minimum Gasteiger partial charge on any atom is -0.478 e. The van der Waals surface area contributed by atoms with Crippen LogP contribution in [0.2, 0.25) is 0 Å². The van der Waals surface area contributed by atoms with Crippen LogP contribution in [0.25, 0.3) is 10.9 Å². The summed E-state index contributed by atoms with van der Waals surface area (Å²) in [6.07, 6.45) is 2.57. The first-order valence-corrected chi connectivity index (χ1v) is 6.95. The van der Waals surface area contributed by atoms with Gasteiger partial charge in [0.15, 0.2) is 0 Å². The number of hydrogen-bond donors (Lipinski definition) is 1. The lowest BCUT2D eigenvalue weighted by Gasteiger charge is -2.26. The molecule has 0 aliphatic carbocycles. The fourth-order valence-electron chi connectivity index (χ4n) is 3.20. The molecule has 0 amide bonds. The van der Waals surface area contributed by atoms with E-state index >= 15 is 0 Å². The minimum atomic E-state index is -0.912. The van der Waals surface area contributed by atoms with Gasteiger partial charge in [0.1, 0.15) is 5.56 Å². The number of hydrogen-bond acceptors (Lipinski definition) is 3. The molecule has 0 spiro atoms. The summed E-state index contributed by atoms with van der Waals surface area (Å²) in [4.78, 5) is 18.0. The lowest BCUT2D eigenvalue weighted by atomic mass is 10.1. The smallest absolute Gasteiger partial charge is 0.339 e. The molecule has 1 aromatic carbocycles. The summed E-state index contributed by atoms with van der Waals surface area (Å²) >= 11 is 0. The van der Waals surface area contributed by atoms with Crippen molar-refractivity contribution in [2.24, 2.45) is 5.92 Å². The summed E-state index contributed by atoms with van der Waals surface area (Å²) in [6.45, 7) is 5.26. The number of anilines is 1. The summed E-state index contributed by atoms with van der Waals surface area (Å²) in [6, 6.07) is 8.10. The molecule has 4 heteroatoms. The Bertz CT molecular complexity index is 669. The zero-order valence-corrected chi connectivity index (χ0v) is 11.7. The average Bonchev–Trinajstić information content (AvgIpc) is 2.76. The Hall–Kier alpha value is -2.10. The van der Waals surface area contributed by atoms with Crippen molar-refractivity contribution in [3.05, 3.63) is 36.0 Å². The van der Waals surface area contributed by atoms with Gasteiger partial charge in [0, 0.05) is 24.2 Å². The van der Waals surface area contributed by atoms with E-state index in [9.17, 15) is 9.90 Å². The highest BCUT2D eigenvalue weighted by atomic mass is 16.4. The number of rotatable bonds is 2. The van der Waals surface area contributed by atoms with Crippen LogP contribution in [-0.4, -0.2) is 28.6 Å². The van der Waals surface area contributed by atoms with Gasteiger partial charge in [-0.25, -0.2) is 4.79 Å². The number of aromatic nitrogens is 1. The Morgan fingerprint density at radius 3 is 2.75 bits per heavy atom. The number of carbonyl (C=O) groups is 1. The summed E-state index contributed by atoms with van der Waals surface area (Å²) in [7, 11) is 0. The lowest BCUT2D eigenvalue weighted by molar-refractivity contribution is 0.0697. The van der Waals surface area contributed by atoms with Crippen molar-refractivity contribution >= 4 is 22.6 Å². The molecule has 1 N–H and O–H groups in total. The first kappa shape index (κ1) is 12.9. The number of pyridine rings is 1. The van der Waals surface area contributed by atoms with Crippen molar-refractivity contribution in [2.75, 3.05) is 11.4 Å². The van der Waals surface area contributed by atoms with Gasteiger partial charge in [-0.3, -0.25) is 4.98 Å². The number of aromatic carboxylic acids is 1. The number of para-hydroxylation sites is 1. The molecule has 1 fully saturated rings. The van der Waals surface area contributed by atoms with Gasteiger partial charge in [0.2, 0.25) is 0 Å². The van der Waals surface area contributed by atoms with Crippen LogP contribution < -0.4 is 4.90 Å². The van der Waals surface area contributed by atoms with Gasteiger partial charge in [-0.15, -0.1) is 0 Å². The van der Waals surface area contributed by atoms with Crippen LogP contribution in [0.5, 0.6) is 0 Å². The molecule has 104 valence electrons. The zero-order valence-electron chi connectivity index (χ0n) is 11.7. The topological polar surface area (TPSA) is 53.4 Å². The Morgan fingerprint density at radius 2 is 2.10 bits per heavy atom. The highest BCUT2D eigenvalue weighted by Gasteiger charge is 2.30. The Labute approximate surface area is 118 Å². The molecule has 1 aliphatic rings. The van der Waals surface area contributed by atoms with Crippen LogP contribution in [0, 0.1) is 5.92 Å². The van der Waals surface area contributed by atoms with Crippen molar-refractivity contribution in [1.82, 2.24) is 4.98 Å². The van der Waals surface area contributed by atoms with E-state index in [1.54, 1.807) is 0 Å². The molecule has 3 rings (SSSR count). The molecule has 2 heterocycles. The van der Waals surface area contributed by atoms with Crippen LogP contribution in [0.4, 0.5) is 5.69 Å². The van der Waals surface area contributed by atoms with Crippen LogP contribution >= 0.6 is 0 Å². The van der Waals surface area contributed by atoms with E-state index in [1.165, 1.54) is 6.20 Å². The van der Waals surface area contributed by atoms with Gasteiger partial charge in [0.25, 0.3) is 0 Å². The maximum Gasteiger partial charge on any atom is 0.339 e. The summed E-state index contributed by atoms with van der Waals surface area (Å²) < 4.78 is 0. The van der Waals surface area contributed by atoms with Crippen molar-refractivity contribution in [3.63, 3.8) is 0 Å². The van der Waals surface area contributed by atoms with Crippen molar-refractivity contribution < 1.29 is 9.90 Å². The fourth-order valence-corrected chi connectivity index (χ4v) is 3.20. The Kier molecular flexibility index (Phi) is 3.08. The largest absolute Gasteiger partial charge is 0.478 e. The molecule has 2 aromatic rings. The van der Waals surface area contributed by atoms with E-state index in [0.717, 1.165) is 29.6 Å². The highest BCUT2D eigenvalue weighted by Crippen LogP contribution is 2.36. The maximum absolute atomic E-state index is 11.5. The normalized spacial score (nSPS) is 22.4. The molecular formula is C16H18N2O2. The number of nitrogens with zero attached hydrogens (tertiary/aromatic N) is 2. The van der Waals surface area contributed by atoms with Crippen molar-refractivity contribution in [3.8, 4) is 0 Å². The quantitative estimate of drug-likeness (QED) is 0.910. The van der Waals surface area contributed by atoms with E-state index in [-0.39, 0.29) is 0 Å². The van der Waals surface area contributed by atoms with E-state index in [2.05, 4.69) is 23.7 Å².